The van der Waals surface area contributed by atoms with Crippen LogP contribution in [0.3, 0.4) is 0 Å². The van der Waals surface area contributed by atoms with Crippen LogP contribution < -0.4 is 4.90 Å². The van der Waals surface area contributed by atoms with Gasteiger partial charge in [0.1, 0.15) is 5.82 Å². The molecule has 0 amide bonds. The van der Waals surface area contributed by atoms with E-state index in [2.05, 4.69) is 21.9 Å². The number of halogens is 1. The maximum atomic E-state index is 6.05. The molecular weight excluding hydrogens is 236 g/mol. The van der Waals surface area contributed by atoms with E-state index in [1.54, 1.807) is 0 Å². The molecule has 5 heteroatoms. The fraction of sp³-hybridized carbons (Fsp3) is 0.750. The monoisotopic (exact) mass is 256 g/mol. The molecule has 2 heterocycles. The minimum Gasteiger partial charge on any atom is -0.355 e. The van der Waals surface area contributed by atoms with Crippen LogP contribution in [0.5, 0.6) is 0 Å². The van der Waals surface area contributed by atoms with Crippen molar-refractivity contribution in [3.05, 3.63) is 11.3 Å². The third kappa shape index (κ3) is 2.58. The smallest absolute Gasteiger partial charge is 0.131 e. The van der Waals surface area contributed by atoms with Crippen molar-refractivity contribution in [1.29, 1.82) is 0 Å². The van der Waals surface area contributed by atoms with Gasteiger partial charge in [-0.25, -0.2) is 0 Å². The Kier molecular flexibility index (Phi) is 3.94. The molecule has 0 N–H and O–H groups in total. The molecule has 0 bridgehead atoms. The molecule has 0 aliphatic carbocycles. The molecule has 1 aliphatic rings. The number of hydrogen-bond acceptors (Lipinski definition) is 3. The number of likely N-dealkylation sites (N-methyl/N-ethyl adjacent to an activating group) is 1. The predicted octanol–water partition coefficient (Wildman–Crippen LogP) is 1.61. The maximum Gasteiger partial charge on any atom is 0.131 e. The molecule has 0 unspecified atom stereocenters. The molecule has 4 nitrogen and oxygen atoms in total. The van der Waals surface area contributed by atoms with Gasteiger partial charge < -0.3 is 9.80 Å². The van der Waals surface area contributed by atoms with Crippen LogP contribution in [0.25, 0.3) is 0 Å². The molecule has 1 aromatic rings. The van der Waals surface area contributed by atoms with Gasteiger partial charge in [-0.05, 0) is 26.9 Å². The summed E-state index contributed by atoms with van der Waals surface area (Å²) in [7, 11) is 4.19. The summed E-state index contributed by atoms with van der Waals surface area (Å²) in [4.78, 5) is 4.80. The third-order valence-electron chi connectivity index (χ3n) is 3.47. The van der Waals surface area contributed by atoms with Gasteiger partial charge in [0.05, 0.1) is 11.6 Å². The normalized spacial score (nSPS) is 18.5. The van der Waals surface area contributed by atoms with Crippen molar-refractivity contribution >= 4 is 17.4 Å². The van der Waals surface area contributed by atoms with Crippen LogP contribution in [0.15, 0.2) is 0 Å². The highest BCUT2D eigenvalue weighted by Crippen LogP contribution is 2.25. The van der Waals surface area contributed by atoms with Crippen LogP contribution in [0.1, 0.15) is 17.7 Å². The molecule has 0 saturated carbocycles. The van der Waals surface area contributed by atoms with Crippen LogP contribution >= 0.6 is 11.6 Å². The van der Waals surface area contributed by atoms with E-state index in [1.807, 2.05) is 18.7 Å². The first-order valence-electron chi connectivity index (χ1n) is 6.15. The second-order valence-corrected chi connectivity index (χ2v) is 5.06. The molecule has 1 aromatic heterocycles. The summed E-state index contributed by atoms with van der Waals surface area (Å²) in [5.74, 6) is 1.74. The van der Waals surface area contributed by atoms with Crippen LogP contribution in [-0.2, 0) is 12.9 Å². The Labute approximate surface area is 108 Å². The highest BCUT2D eigenvalue weighted by Gasteiger charge is 2.20. The summed E-state index contributed by atoms with van der Waals surface area (Å²) in [5, 5.41) is 4.48. The topological polar surface area (TPSA) is 24.3 Å². The van der Waals surface area contributed by atoms with Crippen LogP contribution in [-0.4, -0.2) is 47.9 Å². The number of hydrogen-bond donors (Lipinski definition) is 0. The molecule has 0 atom stereocenters. The molecule has 0 spiro atoms. The molecular formula is C12H21ClN4. The minimum absolute atomic E-state index is 0.543. The predicted molar refractivity (Wildman–Crippen MR) is 71.8 cm³/mol. The first-order chi connectivity index (χ1) is 8.13. The lowest BCUT2D eigenvalue weighted by molar-refractivity contribution is 0.360. The van der Waals surface area contributed by atoms with Crippen LogP contribution in [0.2, 0.25) is 0 Å². The van der Waals surface area contributed by atoms with Gasteiger partial charge in [0, 0.05) is 32.2 Å². The summed E-state index contributed by atoms with van der Waals surface area (Å²) >= 11 is 6.05. The van der Waals surface area contributed by atoms with Gasteiger partial charge >= 0.3 is 0 Å². The Morgan fingerprint density at radius 3 is 2.65 bits per heavy atom. The summed E-state index contributed by atoms with van der Waals surface area (Å²) in [6.45, 7) is 6.45. The Balaban J connectivity index is 2.26. The minimum atomic E-state index is 0.543. The zero-order chi connectivity index (χ0) is 12.4. The Hall–Kier alpha value is -0.740. The second kappa shape index (κ2) is 5.27. The van der Waals surface area contributed by atoms with Crippen molar-refractivity contribution < 1.29 is 0 Å². The van der Waals surface area contributed by atoms with Crippen LogP contribution in [0.4, 0.5) is 5.82 Å². The van der Waals surface area contributed by atoms with Crippen molar-refractivity contribution in [2.45, 2.75) is 19.2 Å². The van der Waals surface area contributed by atoms with E-state index in [1.165, 1.54) is 24.3 Å². The van der Waals surface area contributed by atoms with E-state index in [-0.39, 0.29) is 0 Å². The largest absolute Gasteiger partial charge is 0.355 e. The van der Waals surface area contributed by atoms with Crippen molar-refractivity contribution in [2.24, 2.45) is 7.05 Å². The van der Waals surface area contributed by atoms with Crippen molar-refractivity contribution in [1.82, 2.24) is 14.7 Å². The molecule has 1 saturated heterocycles. The zero-order valence-electron chi connectivity index (χ0n) is 10.9. The molecule has 1 aliphatic heterocycles. The van der Waals surface area contributed by atoms with E-state index < -0.39 is 0 Å². The van der Waals surface area contributed by atoms with Crippen molar-refractivity contribution in [3.63, 3.8) is 0 Å². The van der Waals surface area contributed by atoms with Gasteiger partial charge in [-0.15, -0.1) is 11.6 Å². The van der Waals surface area contributed by atoms with Gasteiger partial charge in [-0.3, -0.25) is 4.68 Å². The summed E-state index contributed by atoms with van der Waals surface area (Å²) in [6.07, 6.45) is 1.20. The number of anilines is 1. The lowest BCUT2D eigenvalue weighted by Crippen LogP contribution is -2.30. The third-order valence-corrected chi connectivity index (χ3v) is 3.73. The number of aryl methyl sites for hydroxylation is 2. The first kappa shape index (κ1) is 12.7. The lowest BCUT2D eigenvalue weighted by atomic mass is 10.2. The molecule has 17 heavy (non-hydrogen) atoms. The highest BCUT2D eigenvalue weighted by atomic mass is 35.5. The fourth-order valence-corrected chi connectivity index (χ4v) is 2.81. The van der Waals surface area contributed by atoms with E-state index in [9.17, 15) is 0 Å². The fourth-order valence-electron chi connectivity index (χ4n) is 2.50. The average molecular weight is 257 g/mol. The van der Waals surface area contributed by atoms with Gasteiger partial charge in [-0.2, -0.15) is 5.10 Å². The lowest BCUT2D eigenvalue weighted by Gasteiger charge is -2.23. The standard InChI is InChI=1S/C12H21ClN4/c1-10-11(9-13)12(16(3)14-10)17-6-4-5-15(2)7-8-17/h4-9H2,1-3H3. The van der Waals surface area contributed by atoms with E-state index in [0.29, 0.717) is 5.88 Å². The Bertz CT molecular complexity index is 388. The maximum absolute atomic E-state index is 6.05. The molecule has 0 aromatic carbocycles. The molecule has 0 radical (unpaired) electrons. The number of nitrogens with zero attached hydrogens (tertiary/aromatic N) is 4. The van der Waals surface area contributed by atoms with E-state index in [0.717, 1.165) is 25.3 Å². The number of alkyl halides is 1. The van der Waals surface area contributed by atoms with E-state index in [4.69, 9.17) is 11.6 Å². The van der Waals surface area contributed by atoms with Gasteiger partial charge in [0.15, 0.2) is 0 Å². The Morgan fingerprint density at radius 2 is 1.94 bits per heavy atom. The highest BCUT2D eigenvalue weighted by molar-refractivity contribution is 6.17. The van der Waals surface area contributed by atoms with Crippen molar-refractivity contribution in [2.75, 3.05) is 38.1 Å². The average Bonchev–Trinajstić information content (AvgIpc) is 2.46. The Morgan fingerprint density at radius 1 is 1.18 bits per heavy atom. The van der Waals surface area contributed by atoms with E-state index >= 15 is 0 Å². The molecule has 1 fully saturated rings. The quantitative estimate of drug-likeness (QED) is 0.752. The number of rotatable bonds is 2. The zero-order valence-corrected chi connectivity index (χ0v) is 11.7. The SMILES string of the molecule is Cc1nn(C)c(N2CCCN(C)CC2)c1CCl. The summed E-state index contributed by atoms with van der Waals surface area (Å²) in [6, 6.07) is 0. The first-order valence-corrected chi connectivity index (χ1v) is 6.69. The summed E-state index contributed by atoms with van der Waals surface area (Å²) < 4.78 is 1.97. The molecule has 96 valence electrons. The van der Waals surface area contributed by atoms with Gasteiger partial charge in [0.2, 0.25) is 0 Å². The van der Waals surface area contributed by atoms with Gasteiger partial charge in [-0.1, -0.05) is 0 Å². The molecule has 2 rings (SSSR count). The van der Waals surface area contributed by atoms with Crippen molar-refractivity contribution in [3.8, 4) is 0 Å². The summed E-state index contributed by atoms with van der Waals surface area (Å²) in [5.41, 5.74) is 2.23. The number of aromatic nitrogens is 2. The van der Waals surface area contributed by atoms with Crippen LogP contribution in [0, 0.1) is 6.92 Å². The second-order valence-electron chi connectivity index (χ2n) is 4.79. The van der Waals surface area contributed by atoms with Gasteiger partial charge in [0.25, 0.3) is 0 Å².